The molecule has 0 fully saturated rings. The third-order valence-corrected chi connectivity index (χ3v) is 2.44. The summed E-state index contributed by atoms with van der Waals surface area (Å²) in [5.74, 6) is -2.64. The van der Waals surface area contributed by atoms with E-state index in [1.54, 1.807) is 0 Å². The standard InChI is InChI=1S/C13H8FNO5/c14-10-5-2-6-11(15(18)19)12(10)20-9-4-1-3-8(7-9)13(16)17/h1-7H,(H,16,17). The maximum absolute atomic E-state index is 13.6. The van der Waals surface area contributed by atoms with Crippen molar-refractivity contribution in [1.29, 1.82) is 0 Å². The van der Waals surface area contributed by atoms with Gasteiger partial charge in [0.2, 0.25) is 5.75 Å². The van der Waals surface area contributed by atoms with Crippen molar-refractivity contribution in [2.75, 3.05) is 0 Å². The van der Waals surface area contributed by atoms with Crippen LogP contribution in [-0.4, -0.2) is 16.0 Å². The van der Waals surface area contributed by atoms with Crippen LogP contribution in [0, 0.1) is 15.9 Å². The number of halogens is 1. The third kappa shape index (κ3) is 2.72. The van der Waals surface area contributed by atoms with Gasteiger partial charge in [0, 0.05) is 6.07 Å². The van der Waals surface area contributed by atoms with Crippen molar-refractivity contribution >= 4 is 11.7 Å². The molecule has 0 aliphatic heterocycles. The molecule has 20 heavy (non-hydrogen) atoms. The number of hydrogen-bond donors (Lipinski definition) is 1. The van der Waals surface area contributed by atoms with Crippen LogP contribution in [0.4, 0.5) is 10.1 Å². The van der Waals surface area contributed by atoms with Gasteiger partial charge in [-0.1, -0.05) is 12.1 Å². The number of para-hydroxylation sites is 1. The van der Waals surface area contributed by atoms with Crippen molar-refractivity contribution < 1.29 is 24.0 Å². The number of hydrogen-bond acceptors (Lipinski definition) is 4. The first-order chi connectivity index (χ1) is 9.49. The normalized spacial score (nSPS) is 10.1. The summed E-state index contributed by atoms with van der Waals surface area (Å²) < 4.78 is 18.7. The van der Waals surface area contributed by atoms with Crippen LogP contribution in [0.15, 0.2) is 42.5 Å². The molecule has 6 nitrogen and oxygen atoms in total. The number of nitro groups is 1. The topological polar surface area (TPSA) is 89.7 Å². The van der Waals surface area contributed by atoms with Crippen LogP contribution in [0.5, 0.6) is 11.5 Å². The van der Waals surface area contributed by atoms with Crippen LogP contribution in [0.2, 0.25) is 0 Å². The Morgan fingerprint density at radius 1 is 1.25 bits per heavy atom. The van der Waals surface area contributed by atoms with E-state index >= 15 is 0 Å². The van der Waals surface area contributed by atoms with Crippen molar-refractivity contribution in [3.63, 3.8) is 0 Å². The average Bonchev–Trinajstić information content (AvgIpc) is 2.41. The van der Waals surface area contributed by atoms with E-state index in [1.165, 1.54) is 24.3 Å². The van der Waals surface area contributed by atoms with Crippen molar-refractivity contribution in [3.05, 3.63) is 64.0 Å². The number of benzene rings is 2. The van der Waals surface area contributed by atoms with E-state index in [9.17, 15) is 19.3 Å². The molecule has 1 N–H and O–H groups in total. The van der Waals surface area contributed by atoms with E-state index in [4.69, 9.17) is 9.84 Å². The lowest BCUT2D eigenvalue weighted by Crippen LogP contribution is -1.98. The molecule has 0 amide bonds. The van der Waals surface area contributed by atoms with E-state index in [-0.39, 0.29) is 11.3 Å². The van der Waals surface area contributed by atoms with Gasteiger partial charge in [0.05, 0.1) is 10.5 Å². The van der Waals surface area contributed by atoms with Gasteiger partial charge in [0.1, 0.15) is 5.75 Å². The van der Waals surface area contributed by atoms with Crippen LogP contribution in [0.3, 0.4) is 0 Å². The van der Waals surface area contributed by atoms with Gasteiger partial charge in [-0.05, 0) is 24.3 Å². The summed E-state index contributed by atoms with van der Waals surface area (Å²) in [6.45, 7) is 0. The second kappa shape index (κ2) is 5.35. The number of rotatable bonds is 4. The lowest BCUT2D eigenvalue weighted by Gasteiger charge is -2.07. The molecule has 0 radical (unpaired) electrons. The Hall–Kier alpha value is -2.96. The number of nitro benzene ring substituents is 1. The molecule has 0 unspecified atom stereocenters. The largest absolute Gasteiger partial charge is 0.478 e. The molecule has 0 aromatic heterocycles. The fraction of sp³-hybridized carbons (Fsp3) is 0. The van der Waals surface area contributed by atoms with Crippen LogP contribution < -0.4 is 4.74 Å². The maximum Gasteiger partial charge on any atom is 0.335 e. The van der Waals surface area contributed by atoms with E-state index in [2.05, 4.69) is 0 Å². The van der Waals surface area contributed by atoms with E-state index < -0.39 is 28.1 Å². The highest BCUT2D eigenvalue weighted by molar-refractivity contribution is 5.88. The second-order valence-corrected chi connectivity index (χ2v) is 3.78. The highest BCUT2D eigenvalue weighted by Gasteiger charge is 2.20. The molecule has 0 atom stereocenters. The van der Waals surface area contributed by atoms with Gasteiger partial charge in [0.15, 0.2) is 5.82 Å². The van der Waals surface area contributed by atoms with Crippen LogP contribution in [0.1, 0.15) is 10.4 Å². The van der Waals surface area contributed by atoms with Gasteiger partial charge in [0.25, 0.3) is 0 Å². The Bertz CT molecular complexity index is 686. The van der Waals surface area contributed by atoms with Crippen molar-refractivity contribution in [1.82, 2.24) is 0 Å². The average molecular weight is 277 g/mol. The molecule has 2 rings (SSSR count). The van der Waals surface area contributed by atoms with E-state index in [1.807, 2.05) is 0 Å². The van der Waals surface area contributed by atoms with E-state index in [0.717, 1.165) is 18.2 Å². The smallest absolute Gasteiger partial charge is 0.335 e. The van der Waals surface area contributed by atoms with Gasteiger partial charge in [-0.15, -0.1) is 0 Å². The van der Waals surface area contributed by atoms with Gasteiger partial charge in [-0.2, -0.15) is 0 Å². The molecule has 0 bridgehead atoms. The summed E-state index contributed by atoms with van der Waals surface area (Å²) in [7, 11) is 0. The summed E-state index contributed by atoms with van der Waals surface area (Å²) in [6, 6.07) is 8.55. The molecule has 2 aromatic carbocycles. The van der Waals surface area contributed by atoms with Gasteiger partial charge < -0.3 is 9.84 Å². The monoisotopic (exact) mass is 277 g/mol. The molecule has 2 aromatic rings. The first-order valence-electron chi connectivity index (χ1n) is 5.43. The molecule has 102 valence electrons. The van der Waals surface area contributed by atoms with E-state index in [0.29, 0.717) is 0 Å². The highest BCUT2D eigenvalue weighted by atomic mass is 19.1. The Morgan fingerprint density at radius 3 is 2.60 bits per heavy atom. The van der Waals surface area contributed by atoms with Crippen LogP contribution in [-0.2, 0) is 0 Å². The second-order valence-electron chi connectivity index (χ2n) is 3.78. The Morgan fingerprint density at radius 2 is 1.95 bits per heavy atom. The van der Waals surface area contributed by atoms with Crippen molar-refractivity contribution in [3.8, 4) is 11.5 Å². The summed E-state index contributed by atoms with van der Waals surface area (Å²) in [5, 5.41) is 19.6. The molecular weight excluding hydrogens is 269 g/mol. The lowest BCUT2D eigenvalue weighted by atomic mass is 10.2. The molecule has 0 aliphatic carbocycles. The highest BCUT2D eigenvalue weighted by Crippen LogP contribution is 2.33. The quantitative estimate of drug-likeness (QED) is 0.684. The number of carbonyl (C=O) groups is 1. The van der Waals surface area contributed by atoms with Crippen LogP contribution in [0.25, 0.3) is 0 Å². The SMILES string of the molecule is O=C(O)c1cccc(Oc2c(F)cccc2[N+](=O)[O-])c1. The minimum atomic E-state index is -1.18. The zero-order chi connectivity index (χ0) is 14.7. The number of carboxylic acid groups (broad SMARTS) is 1. The predicted molar refractivity (Wildman–Crippen MR) is 66.5 cm³/mol. The molecule has 0 saturated carbocycles. The minimum Gasteiger partial charge on any atom is -0.478 e. The Labute approximate surface area is 112 Å². The number of aromatic carboxylic acids is 1. The van der Waals surface area contributed by atoms with Gasteiger partial charge in [-0.3, -0.25) is 10.1 Å². The van der Waals surface area contributed by atoms with Gasteiger partial charge in [-0.25, -0.2) is 9.18 Å². The zero-order valence-electron chi connectivity index (χ0n) is 9.95. The van der Waals surface area contributed by atoms with Crippen molar-refractivity contribution in [2.45, 2.75) is 0 Å². The lowest BCUT2D eigenvalue weighted by molar-refractivity contribution is -0.385. The summed E-state index contributed by atoms with van der Waals surface area (Å²) >= 11 is 0. The molecule has 0 saturated heterocycles. The first-order valence-corrected chi connectivity index (χ1v) is 5.43. The Kier molecular flexibility index (Phi) is 3.60. The predicted octanol–water partition coefficient (Wildman–Crippen LogP) is 3.22. The first kappa shape index (κ1) is 13.5. The fourth-order valence-electron chi connectivity index (χ4n) is 1.55. The number of nitrogens with zero attached hydrogens (tertiary/aromatic N) is 1. The molecule has 0 heterocycles. The Balaban J connectivity index is 2.42. The van der Waals surface area contributed by atoms with Crippen LogP contribution >= 0.6 is 0 Å². The maximum atomic E-state index is 13.6. The molecule has 0 aliphatic rings. The fourth-order valence-corrected chi connectivity index (χ4v) is 1.55. The molecular formula is C13H8FNO5. The number of ether oxygens (including phenoxy) is 1. The summed E-state index contributed by atoms with van der Waals surface area (Å²) in [4.78, 5) is 20.8. The molecule has 7 heteroatoms. The van der Waals surface area contributed by atoms with Crippen molar-refractivity contribution in [2.24, 2.45) is 0 Å². The third-order valence-electron chi connectivity index (χ3n) is 2.44. The zero-order valence-corrected chi connectivity index (χ0v) is 9.95. The number of carboxylic acids is 1. The minimum absolute atomic E-state index is 0.00176. The summed E-state index contributed by atoms with van der Waals surface area (Å²) in [6.07, 6.45) is 0. The summed E-state index contributed by atoms with van der Waals surface area (Å²) in [5.41, 5.74) is -0.604. The van der Waals surface area contributed by atoms with Gasteiger partial charge >= 0.3 is 11.7 Å². The molecule has 0 spiro atoms.